The third kappa shape index (κ3) is 6.82. The van der Waals surface area contributed by atoms with Crippen molar-refractivity contribution < 1.29 is 28.3 Å². The van der Waals surface area contributed by atoms with Crippen LogP contribution in [0.15, 0.2) is 56.3 Å². The van der Waals surface area contributed by atoms with E-state index in [2.05, 4.69) is 10.6 Å². The second kappa shape index (κ2) is 13.1. The van der Waals surface area contributed by atoms with Crippen LogP contribution in [-0.2, 0) is 26.6 Å². The number of hydrogen-bond acceptors (Lipinski definition) is 7. The Morgan fingerprint density at radius 3 is 2.39 bits per heavy atom. The van der Waals surface area contributed by atoms with Crippen LogP contribution in [0.25, 0.3) is 21.9 Å². The Balaban J connectivity index is 1.46. The van der Waals surface area contributed by atoms with Gasteiger partial charge in [-0.2, -0.15) is 11.8 Å². The van der Waals surface area contributed by atoms with E-state index in [1.807, 2.05) is 57.2 Å². The van der Waals surface area contributed by atoms with E-state index in [1.54, 1.807) is 13.2 Å². The van der Waals surface area contributed by atoms with E-state index < -0.39 is 35.5 Å². The van der Waals surface area contributed by atoms with Crippen LogP contribution in [0.2, 0.25) is 0 Å². The van der Waals surface area contributed by atoms with Crippen molar-refractivity contribution in [2.75, 3.05) is 5.75 Å². The lowest BCUT2D eigenvalue weighted by Gasteiger charge is -2.21. The SMILES string of the molecule is CCCC(NC(=O)Cc1c(C)c2cc3c(C)coc3c(C)c2oc1=O)C(=O)N[C@@H](CSCc1ccccc1)C(=O)O. The number of amides is 2. The quantitative estimate of drug-likeness (QED) is 0.204. The highest BCUT2D eigenvalue weighted by Gasteiger charge is 2.27. The molecule has 0 bridgehead atoms. The van der Waals surface area contributed by atoms with Crippen LogP contribution in [0.4, 0.5) is 0 Å². The summed E-state index contributed by atoms with van der Waals surface area (Å²) in [6.07, 6.45) is 2.25. The van der Waals surface area contributed by atoms with Gasteiger partial charge in [-0.3, -0.25) is 9.59 Å². The summed E-state index contributed by atoms with van der Waals surface area (Å²) in [5, 5.41) is 16.5. The van der Waals surface area contributed by atoms with E-state index in [0.29, 0.717) is 46.3 Å². The molecular formula is C31H34N2O7S. The van der Waals surface area contributed by atoms with Gasteiger partial charge in [-0.15, -0.1) is 0 Å². The van der Waals surface area contributed by atoms with Crippen molar-refractivity contribution in [3.8, 4) is 0 Å². The Morgan fingerprint density at radius 2 is 1.71 bits per heavy atom. The first-order valence-electron chi connectivity index (χ1n) is 13.5. The summed E-state index contributed by atoms with van der Waals surface area (Å²) in [5.41, 5.74) is 3.95. The molecule has 9 nitrogen and oxygen atoms in total. The predicted octanol–water partition coefficient (Wildman–Crippen LogP) is 4.79. The molecule has 0 aliphatic rings. The molecule has 4 aromatic rings. The highest BCUT2D eigenvalue weighted by atomic mass is 32.2. The van der Waals surface area contributed by atoms with Crippen molar-refractivity contribution in [3.05, 3.63) is 80.9 Å². The Hall–Kier alpha value is -4.05. The van der Waals surface area contributed by atoms with E-state index >= 15 is 0 Å². The van der Waals surface area contributed by atoms with Gasteiger partial charge in [0.1, 0.15) is 23.2 Å². The van der Waals surface area contributed by atoms with Crippen molar-refractivity contribution in [1.82, 2.24) is 10.6 Å². The van der Waals surface area contributed by atoms with Crippen molar-refractivity contribution in [1.29, 1.82) is 0 Å². The maximum absolute atomic E-state index is 13.1. The zero-order valence-electron chi connectivity index (χ0n) is 23.5. The van der Waals surface area contributed by atoms with Gasteiger partial charge < -0.3 is 24.6 Å². The van der Waals surface area contributed by atoms with Gasteiger partial charge >= 0.3 is 11.6 Å². The molecule has 3 N–H and O–H groups in total. The minimum Gasteiger partial charge on any atom is -0.480 e. The molecule has 0 radical (unpaired) electrons. The summed E-state index contributed by atoms with van der Waals surface area (Å²) in [6, 6.07) is 9.46. The molecule has 4 rings (SSSR count). The van der Waals surface area contributed by atoms with Gasteiger partial charge in [-0.05, 0) is 49.9 Å². The summed E-state index contributed by atoms with van der Waals surface area (Å²) in [6.45, 7) is 7.37. The summed E-state index contributed by atoms with van der Waals surface area (Å²) in [5.74, 6) is -1.49. The summed E-state index contributed by atoms with van der Waals surface area (Å²) in [7, 11) is 0. The number of aliphatic carboxylic acids is 1. The number of carbonyl (C=O) groups is 3. The van der Waals surface area contributed by atoms with Gasteiger partial charge in [0, 0.05) is 27.8 Å². The smallest absolute Gasteiger partial charge is 0.340 e. The molecule has 2 atom stereocenters. The molecule has 0 saturated heterocycles. The van der Waals surface area contributed by atoms with Crippen LogP contribution in [0, 0.1) is 20.8 Å². The zero-order chi connectivity index (χ0) is 29.7. The van der Waals surface area contributed by atoms with E-state index in [-0.39, 0.29) is 17.7 Å². The summed E-state index contributed by atoms with van der Waals surface area (Å²) >= 11 is 1.40. The highest BCUT2D eigenvalue weighted by Crippen LogP contribution is 2.32. The molecule has 0 saturated carbocycles. The molecule has 216 valence electrons. The number of aryl methyl sites for hydroxylation is 3. The summed E-state index contributed by atoms with van der Waals surface area (Å²) in [4.78, 5) is 50.9. The standard InChI is InChI=1S/C31H34N2O7S/c1-5-9-24(29(35)33-25(30(36)37)16-41-15-20-10-7-6-8-11-20)32-26(34)13-23-18(3)22-12-21-17(2)14-39-27(21)19(4)28(22)40-31(23)38/h6-8,10-12,14,24-25H,5,9,13,15-16H2,1-4H3,(H,32,34)(H,33,35)(H,36,37)/t24?,25-/m0/s1. The number of carbonyl (C=O) groups excluding carboxylic acids is 2. The predicted molar refractivity (Wildman–Crippen MR) is 159 cm³/mol. The minimum absolute atomic E-state index is 0.170. The fraction of sp³-hybridized carbons (Fsp3) is 0.355. The first-order chi connectivity index (χ1) is 19.6. The fourth-order valence-corrected chi connectivity index (χ4v) is 5.81. The van der Waals surface area contributed by atoms with Crippen LogP contribution in [0.3, 0.4) is 0 Å². The van der Waals surface area contributed by atoms with Crippen molar-refractivity contribution in [3.63, 3.8) is 0 Å². The molecule has 0 aliphatic heterocycles. The Kier molecular flexibility index (Phi) is 9.54. The second-order valence-electron chi connectivity index (χ2n) is 10.2. The number of furan rings is 1. The average Bonchev–Trinajstić information content (AvgIpc) is 3.32. The zero-order valence-corrected chi connectivity index (χ0v) is 24.4. The van der Waals surface area contributed by atoms with Gasteiger partial charge in [0.05, 0.1) is 18.2 Å². The van der Waals surface area contributed by atoms with Crippen molar-refractivity contribution >= 4 is 51.5 Å². The number of nitrogens with one attached hydrogen (secondary N) is 2. The van der Waals surface area contributed by atoms with E-state index in [9.17, 15) is 24.3 Å². The molecule has 2 amide bonds. The van der Waals surface area contributed by atoms with Gasteiger partial charge in [-0.25, -0.2) is 9.59 Å². The first-order valence-corrected chi connectivity index (χ1v) is 14.6. The number of carboxylic acids is 1. The average molecular weight is 579 g/mol. The molecule has 0 aliphatic carbocycles. The van der Waals surface area contributed by atoms with E-state index in [4.69, 9.17) is 8.83 Å². The lowest BCUT2D eigenvalue weighted by atomic mass is 9.99. The molecule has 0 spiro atoms. The third-order valence-corrected chi connectivity index (χ3v) is 8.22. The lowest BCUT2D eigenvalue weighted by molar-refractivity contribution is -0.141. The minimum atomic E-state index is -1.15. The molecular weight excluding hydrogens is 544 g/mol. The van der Waals surface area contributed by atoms with Crippen LogP contribution < -0.4 is 16.3 Å². The Bertz CT molecular complexity index is 1640. The van der Waals surface area contributed by atoms with Gasteiger partial charge in [-0.1, -0.05) is 43.7 Å². The fourth-order valence-electron chi connectivity index (χ4n) is 4.80. The number of fused-ring (bicyclic) bond motifs is 2. The Morgan fingerprint density at radius 1 is 0.976 bits per heavy atom. The monoisotopic (exact) mass is 578 g/mol. The van der Waals surface area contributed by atoms with Crippen molar-refractivity contribution in [2.24, 2.45) is 0 Å². The number of benzene rings is 2. The highest BCUT2D eigenvalue weighted by molar-refractivity contribution is 7.98. The molecule has 2 heterocycles. The van der Waals surface area contributed by atoms with E-state index in [0.717, 1.165) is 16.5 Å². The lowest BCUT2D eigenvalue weighted by Crippen LogP contribution is -2.52. The number of thioether (sulfide) groups is 1. The molecule has 0 fully saturated rings. The largest absolute Gasteiger partial charge is 0.480 e. The summed E-state index contributed by atoms with van der Waals surface area (Å²) < 4.78 is 11.3. The van der Waals surface area contributed by atoms with Crippen molar-refractivity contribution in [2.45, 2.75) is 64.8 Å². The molecule has 1 unspecified atom stereocenters. The maximum Gasteiger partial charge on any atom is 0.340 e. The number of rotatable bonds is 12. The van der Waals surface area contributed by atoms with Gasteiger partial charge in [0.15, 0.2) is 0 Å². The molecule has 10 heteroatoms. The molecule has 2 aromatic carbocycles. The van der Waals surface area contributed by atoms with Crippen LogP contribution in [0.5, 0.6) is 0 Å². The van der Waals surface area contributed by atoms with Crippen LogP contribution in [-0.4, -0.2) is 40.7 Å². The maximum atomic E-state index is 13.1. The third-order valence-electron chi connectivity index (χ3n) is 7.11. The van der Waals surface area contributed by atoms with Gasteiger partial charge in [0.25, 0.3) is 0 Å². The molecule has 2 aromatic heterocycles. The number of carboxylic acid groups (broad SMARTS) is 1. The second-order valence-corrected chi connectivity index (χ2v) is 11.2. The molecule has 41 heavy (non-hydrogen) atoms. The van der Waals surface area contributed by atoms with Gasteiger partial charge in [0.2, 0.25) is 11.8 Å². The first kappa shape index (κ1) is 29.9. The van der Waals surface area contributed by atoms with Crippen LogP contribution >= 0.6 is 11.8 Å². The number of hydrogen-bond donors (Lipinski definition) is 3. The Labute approximate surface area is 241 Å². The van der Waals surface area contributed by atoms with E-state index in [1.165, 1.54) is 11.8 Å². The van der Waals surface area contributed by atoms with Crippen LogP contribution in [0.1, 0.15) is 47.6 Å². The topological polar surface area (TPSA) is 139 Å². The normalized spacial score (nSPS) is 12.8.